The molecular weight excluding hydrogens is 222 g/mol. The molecule has 0 spiro atoms. The fraction of sp³-hybridized carbons (Fsp3) is 0. The van der Waals surface area contributed by atoms with E-state index in [9.17, 15) is 0 Å². The maximum absolute atomic E-state index is 4.20. The average Bonchev–Trinajstić information content (AvgIpc) is 2.48. The first-order valence-electron chi connectivity index (χ1n) is 5.83. The van der Waals surface area contributed by atoms with Crippen molar-refractivity contribution in [1.82, 2.24) is 15.4 Å². The zero-order valence-electron chi connectivity index (χ0n) is 9.54. The van der Waals surface area contributed by atoms with Crippen molar-refractivity contribution in [1.29, 1.82) is 0 Å². The predicted octanol–water partition coefficient (Wildman–Crippen LogP) is 3.33. The van der Waals surface area contributed by atoms with E-state index in [2.05, 4.69) is 51.8 Å². The summed E-state index contributed by atoms with van der Waals surface area (Å²) in [5.41, 5.74) is 0.916. The number of hydrogen-bond acceptors (Lipinski definition) is 3. The van der Waals surface area contributed by atoms with Gasteiger partial charge in [0.2, 0.25) is 0 Å². The molecular formula is C15H9N3. The smallest absolute Gasteiger partial charge is 0.105 e. The largest absolute Gasteiger partial charge is 0.138 e. The summed E-state index contributed by atoms with van der Waals surface area (Å²) in [4.78, 5) is 0. The Morgan fingerprint density at radius 3 is 1.89 bits per heavy atom. The van der Waals surface area contributed by atoms with Gasteiger partial charge in [0, 0.05) is 10.8 Å². The second-order valence-electron chi connectivity index (χ2n) is 4.29. The molecule has 0 aliphatic rings. The SMILES string of the molecule is c1ccc2c(c1)c1ccccc1c1nnncc21. The summed E-state index contributed by atoms with van der Waals surface area (Å²) in [6, 6.07) is 16.6. The monoisotopic (exact) mass is 231 g/mol. The van der Waals surface area contributed by atoms with E-state index in [1.807, 2.05) is 12.1 Å². The highest BCUT2D eigenvalue weighted by molar-refractivity contribution is 6.23. The van der Waals surface area contributed by atoms with Gasteiger partial charge in [-0.15, -0.1) is 10.2 Å². The Hall–Kier alpha value is -2.55. The second kappa shape index (κ2) is 3.47. The highest BCUT2D eigenvalue weighted by atomic mass is 15.3. The third kappa shape index (κ3) is 1.16. The van der Waals surface area contributed by atoms with Gasteiger partial charge >= 0.3 is 0 Å². The van der Waals surface area contributed by atoms with Crippen molar-refractivity contribution in [2.24, 2.45) is 0 Å². The molecule has 0 bridgehead atoms. The first-order valence-corrected chi connectivity index (χ1v) is 5.83. The highest BCUT2D eigenvalue weighted by Gasteiger charge is 2.08. The van der Waals surface area contributed by atoms with Crippen LogP contribution in [0.1, 0.15) is 0 Å². The number of rotatable bonds is 0. The molecule has 0 saturated carbocycles. The average molecular weight is 231 g/mol. The standard InChI is InChI=1S/C15H9N3/c1-2-7-12-10(5-1)11-6-3-4-8-13(11)15-14(12)9-16-18-17-15/h1-9H. The van der Waals surface area contributed by atoms with E-state index in [1.165, 1.54) is 16.2 Å². The molecule has 4 rings (SSSR count). The summed E-state index contributed by atoms with van der Waals surface area (Å²) in [6.45, 7) is 0. The van der Waals surface area contributed by atoms with Crippen LogP contribution >= 0.6 is 0 Å². The Kier molecular flexibility index (Phi) is 1.83. The number of nitrogens with zero attached hydrogens (tertiary/aromatic N) is 3. The second-order valence-corrected chi connectivity index (χ2v) is 4.29. The molecule has 0 radical (unpaired) electrons. The van der Waals surface area contributed by atoms with Gasteiger partial charge in [0.1, 0.15) is 5.52 Å². The normalized spacial score (nSPS) is 11.3. The molecule has 1 aromatic heterocycles. The molecule has 3 aromatic carbocycles. The molecule has 0 aliphatic carbocycles. The van der Waals surface area contributed by atoms with E-state index >= 15 is 0 Å². The van der Waals surface area contributed by atoms with E-state index in [-0.39, 0.29) is 0 Å². The van der Waals surface area contributed by atoms with Crippen LogP contribution in [-0.2, 0) is 0 Å². The fourth-order valence-corrected chi connectivity index (χ4v) is 2.54. The molecule has 0 N–H and O–H groups in total. The van der Waals surface area contributed by atoms with Gasteiger partial charge < -0.3 is 0 Å². The van der Waals surface area contributed by atoms with Crippen molar-refractivity contribution in [3.63, 3.8) is 0 Å². The number of benzene rings is 3. The fourth-order valence-electron chi connectivity index (χ4n) is 2.54. The van der Waals surface area contributed by atoms with Crippen molar-refractivity contribution in [2.75, 3.05) is 0 Å². The first kappa shape index (κ1) is 9.48. The van der Waals surface area contributed by atoms with Crippen molar-refractivity contribution < 1.29 is 0 Å². The molecule has 4 aromatic rings. The van der Waals surface area contributed by atoms with Crippen LogP contribution in [0.2, 0.25) is 0 Å². The van der Waals surface area contributed by atoms with Crippen LogP contribution in [0.25, 0.3) is 32.4 Å². The molecule has 0 unspecified atom stereocenters. The Labute approximate surface area is 103 Å². The minimum Gasteiger partial charge on any atom is -0.138 e. The minimum atomic E-state index is 0.916. The summed E-state index contributed by atoms with van der Waals surface area (Å²) >= 11 is 0. The summed E-state index contributed by atoms with van der Waals surface area (Å²) in [6.07, 6.45) is 1.79. The zero-order chi connectivity index (χ0) is 11.9. The van der Waals surface area contributed by atoms with Crippen LogP contribution in [0, 0.1) is 0 Å². The van der Waals surface area contributed by atoms with Crippen LogP contribution in [-0.4, -0.2) is 15.4 Å². The van der Waals surface area contributed by atoms with Gasteiger partial charge in [-0.1, -0.05) is 48.5 Å². The Bertz CT molecular complexity index is 663. The van der Waals surface area contributed by atoms with Gasteiger partial charge in [-0.05, 0) is 21.4 Å². The van der Waals surface area contributed by atoms with E-state index in [1.54, 1.807) is 6.20 Å². The molecule has 3 heteroatoms. The van der Waals surface area contributed by atoms with Crippen molar-refractivity contribution in [3.05, 3.63) is 54.7 Å². The summed E-state index contributed by atoms with van der Waals surface area (Å²) in [5.74, 6) is 0. The quantitative estimate of drug-likeness (QED) is 0.436. The van der Waals surface area contributed by atoms with Crippen LogP contribution in [0.5, 0.6) is 0 Å². The summed E-state index contributed by atoms with van der Waals surface area (Å²) in [7, 11) is 0. The Morgan fingerprint density at radius 2 is 1.17 bits per heavy atom. The zero-order valence-corrected chi connectivity index (χ0v) is 9.54. The lowest BCUT2D eigenvalue weighted by molar-refractivity contribution is 0.898. The molecule has 0 atom stereocenters. The van der Waals surface area contributed by atoms with Gasteiger partial charge in [-0.2, -0.15) is 0 Å². The third-order valence-corrected chi connectivity index (χ3v) is 3.33. The van der Waals surface area contributed by atoms with E-state index in [0.717, 1.165) is 16.3 Å². The molecule has 0 fully saturated rings. The molecule has 3 nitrogen and oxygen atoms in total. The lowest BCUT2D eigenvalue weighted by Crippen LogP contribution is -1.90. The van der Waals surface area contributed by atoms with Crippen molar-refractivity contribution in [3.8, 4) is 0 Å². The van der Waals surface area contributed by atoms with Crippen LogP contribution in [0.15, 0.2) is 54.7 Å². The minimum absolute atomic E-state index is 0.916. The van der Waals surface area contributed by atoms with Crippen molar-refractivity contribution in [2.45, 2.75) is 0 Å². The Morgan fingerprint density at radius 1 is 0.611 bits per heavy atom. The van der Waals surface area contributed by atoms with Gasteiger partial charge in [0.05, 0.1) is 6.20 Å². The lowest BCUT2D eigenvalue weighted by Gasteiger charge is -2.07. The molecule has 18 heavy (non-hydrogen) atoms. The molecule has 0 amide bonds. The highest BCUT2D eigenvalue weighted by Crippen LogP contribution is 2.32. The Balaban J connectivity index is 2.46. The third-order valence-electron chi connectivity index (χ3n) is 3.33. The van der Waals surface area contributed by atoms with Gasteiger partial charge in [-0.3, -0.25) is 0 Å². The summed E-state index contributed by atoms with van der Waals surface area (Å²) in [5, 5.41) is 17.7. The summed E-state index contributed by atoms with van der Waals surface area (Å²) < 4.78 is 0. The van der Waals surface area contributed by atoms with E-state index in [4.69, 9.17) is 0 Å². The maximum Gasteiger partial charge on any atom is 0.105 e. The van der Waals surface area contributed by atoms with Gasteiger partial charge in [0.25, 0.3) is 0 Å². The predicted molar refractivity (Wildman–Crippen MR) is 72.3 cm³/mol. The number of aromatic nitrogens is 3. The molecule has 1 heterocycles. The lowest BCUT2D eigenvalue weighted by atomic mass is 9.98. The van der Waals surface area contributed by atoms with Crippen LogP contribution in [0.4, 0.5) is 0 Å². The maximum atomic E-state index is 4.20. The van der Waals surface area contributed by atoms with Crippen LogP contribution in [0.3, 0.4) is 0 Å². The topological polar surface area (TPSA) is 38.7 Å². The first-order chi connectivity index (χ1) is 8.95. The van der Waals surface area contributed by atoms with E-state index in [0.29, 0.717) is 0 Å². The van der Waals surface area contributed by atoms with Crippen molar-refractivity contribution >= 4 is 32.4 Å². The number of fused-ring (bicyclic) bond motifs is 6. The number of hydrogen-bond donors (Lipinski definition) is 0. The van der Waals surface area contributed by atoms with Gasteiger partial charge in [-0.25, -0.2) is 0 Å². The van der Waals surface area contributed by atoms with Gasteiger partial charge in [0.15, 0.2) is 0 Å². The van der Waals surface area contributed by atoms with Crippen LogP contribution < -0.4 is 0 Å². The molecule has 0 saturated heterocycles. The molecule has 84 valence electrons. The van der Waals surface area contributed by atoms with E-state index < -0.39 is 0 Å². The molecule has 0 aliphatic heterocycles.